The Kier molecular flexibility index (Phi) is 6.18. The van der Waals surface area contributed by atoms with Gasteiger partial charge in [0, 0.05) is 24.7 Å². The van der Waals surface area contributed by atoms with Crippen LogP contribution in [0.5, 0.6) is 5.75 Å². The molecule has 1 N–H and O–H groups in total. The van der Waals surface area contributed by atoms with Gasteiger partial charge in [-0.3, -0.25) is 0 Å². The van der Waals surface area contributed by atoms with Crippen molar-refractivity contribution in [1.29, 1.82) is 0 Å². The predicted molar refractivity (Wildman–Crippen MR) is 87.3 cm³/mol. The Labute approximate surface area is 136 Å². The molecule has 0 amide bonds. The summed E-state index contributed by atoms with van der Waals surface area (Å²) in [6.07, 6.45) is 0.748. The van der Waals surface area contributed by atoms with Crippen LogP contribution in [0.3, 0.4) is 0 Å². The SMILES string of the molecule is CC1CC(C)CN(CC(O)COc2ccc(Cl)cc2Cl)C1. The lowest BCUT2D eigenvalue weighted by atomic mass is 9.92. The highest BCUT2D eigenvalue weighted by Crippen LogP contribution is 2.27. The van der Waals surface area contributed by atoms with Crippen LogP contribution in [0.25, 0.3) is 0 Å². The average molecular weight is 332 g/mol. The van der Waals surface area contributed by atoms with Crippen LogP contribution in [0, 0.1) is 11.8 Å². The number of aliphatic hydroxyl groups is 1. The minimum absolute atomic E-state index is 0.237. The quantitative estimate of drug-likeness (QED) is 0.892. The van der Waals surface area contributed by atoms with Crippen LogP contribution in [0.2, 0.25) is 10.0 Å². The molecule has 0 bridgehead atoms. The molecule has 0 aromatic heterocycles. The number of likely N-dealkylation sites (tertiary alicyclic amines) is 1. The predicted octanol–water partition coefficient (Wildman–Crippen LogP) is 3.71. The number of β-amino-alcohol motifs (C(OH)–C–C–N with tert-alkyl or cyclic N) is 1. The molecule has 3 atom stereocenters. The van der Waals surface area contributed by atoms with Crippen LogP contribution in [-0.2, 0) is 0 Å². The molecule has 0 spiro atoms. The maximum atomic E-state index is 10.1. The molecule has 1 aromatic rings. The van der Waals surface area contributed by atoms with Crippen molar-refractivity contribution >= 4 is 23.2 Å². The van der Waals surface area contributed by atoms with Crippen molar-refractivity contribution in [3.05, 3.63) is 28.2 Å². The molecule has 0 saturated carbocycles. The third kappa shape index (κ3) is 5.33. The Morgan fingerprint density at radius 2 is 1.95 bits per heavy atom. The highest BCUT2D eigenvalue weighted by molar-refractivity contribution is 6.35. The van der Waals surface area contributed by atoms with Crippen LogP contribution in [0.1, 0.15) is 20.3 Å². The molecule has 0 aliphatic carbocycles. The second kappa shape index (κ2) is 7.68. The molecule has 1 aromatic carbocycles. The highest BCUT2D eigenvalue weighted by Gasteiger charge is 2.23. The number of piperidine rings is 1. The molecule has 0 radical (unpaired) electrons. The number of hydrogen-bond donors (Lipinski definition) is 1. The number of hydrogen-bond acceptors (Lipinski definition) is 3. The van der Waals surface area contributed by atoms with Crippen molar-refractivity contribution in [1.82, 2.24) is 4.90 Å². The number of nitrogens with zero attached hydrogens (tertiary/aromatic N) is 1. The standard InChI is InChI=1S/C16H23Cl2NO2/c1-11-5-12(2)8-19(7-11)9-14(20)10-21-16-4-3-13(17)6-15(16)18/h3-4,6,11-12,14,20H,5,7-10H2,1-2H3. The zero-order valence-electron chi connectivity index (χ0n) is 12.6. The minimum atomic E-state index is -0.519. The summed E-state index contributed by atoms with van der Waals surface area (Å²) in [6.45, 7) is 7.49. The van der Waals surface area contributed by atoms with Crippen molar-refractivity contribution in [2.75, 3.05) is 26.2 Å². The summed E-state index contributed by atoms with van der Waals surface area (Å²) in [6, 6.07) is 5.09. The Balaban J connectivity index is 1.80. The maximum Gasteiger partial charge on any atom is 0.138 e. The van der Waals surface area contributed by atoms with Crippen LogP contribution in [0.15, 0.2) is 18.2 Å². The van der Waals surface area contributed by atoms with Crippen LogP contribution in [0.4, 0.5) is 0 Å². The van der Waals surface area contributed by atoms with E-state index in [0.29, 0.717) is 34.2 Å². The number of ether oxygens (including phenoxy) is 1. The van der Waals surface area contributed by atoms with E-state index in [0.717, 1.165) is 13.1 Å². The molecule has 1 heterocycles. The van der Waals surface area contributed by atoms with Gasteiger partial charge in [0.15, 0.2) is 0 Å². The number of aliphatic hydroxyl groups excluding tert-OH is 1. The summed E-state index contributed by atoms with van der Waals surface area (Å²) < 4.78 is 5.58. The fraction of sp³-hybridized carbons (Fsp3) is 0.625. The first-order valence-corrected chi connectivity index (χ1v) is 8.18. The minimum Gasteiger partial charge on any atom is -0.489 e. The van der Waals surface area contributed by atoms with Gasteiger partial charge in [-0.1, -0.05) is 37.0 Å². The lowest BCUT2D eigenvalue weighted by Crippen LogP contribution is -2.44. The van der Waals surface area contributed by atoms with Crippen LogP contribution in [-0.4, -0.2) is 42.4 Å². The topological polar surface area (TPSA) is 32.7 Å². The van der Waals surface area contributed by atoms with Crippen LogP contribution < -0.4 is 4.74 Å². The van der Waals surface area contributed by atoms with Gasteiger partial charge >= 0.3 is 0 Å². The third-order valence-electron chi connectivity index (χ3n) is 3.74. The summed E-state index contributed by atoms with van der Waals surface area (Å²) >= 11 is 11.9. The number of rotatable bonds is 5. The Morgan fingerprint density at radius 1 is 1.29 bits per heavy atom. The van der Waals surface area contributed by atoms with Crippen molar-refractivity contribution in [3.63, 3.8) is 0 Å². The van der Waals surface area contributed by atoms with Gasteiger partial charge in [0.05, 0.1) is 5.02 Å². The molecular weight excluding hydrogens is 309 g/mol. The smallest absolute Gasteiger partial charge is 0.138 e. The van der Waals surface area contributed by atoms with E-state index in [2.05, 4.69) is 18.7 Å². The largest absolute Gasteiger partial charge is 0.489 e. The summed E-state index contributed by atoms with van der Waals surface area (Å²) in [5.41, 5.74) is 0. The van der Waals surface area contributed by atoms with Crippen molar-refractivity contribution < 1.29 is 9.84 Å². The zero-order valence-corrected chi connectivity index (χ0v) is 14.1. The first kappa shape index (κ1) is 16.9. The third-order valence-corrected chi connectivity index (χ3v) is 4.27. The van der Waals surface area contributed by atoms with Gasteiger partial charge in [-0.15, -0.1) is 0 Å². The summed E-state index contributed by atoms with van der Waals surface area (Å²) in [4.78, 5) is 2.32. The molecule has 1 aliphatic heterocycles. The summed E-state index contributed by atoms with van der Waals surface area (Å²) in [5, 5.41) is 11.2. The van der Waals surface area contributed by atoms with E-state index < -0.39 is 6.10 Å². The van der Waals surface area contributed by atoms with Crippen LogP contribution >= 0.6 is 23.2 Å². The molecular formula is C16H23Cl2NO2. The van der Waals surface area contributed by atoms with E-state index in [-0.39, 0.29) is 6.61 Å². The van der Waals surface area contributed by atoms with Gasteiger partial charge in [0.1, 0.15) is 18.5 Å². The molecule has 3 unspecified atom stereocenters. The molecule has 3 nitrogen and oxygen atoms in total. The number of halogens is 2. The van der Waals surface area contributed by atoms with Crippen molar-refractivity contribution in [2.24, 2.45) is 11.8 Å². The van der Waals surface area contributed by atoms with Gasteiger partial charge < -0.3 is 14.7 Å². The lowest BCUT2D eigenvalue weighted by Gasteiger charge is -2.35. The van der Waals surface area contributed by atoms with Gasteiger partial charge in [-0.05, 0) is 36.5 Å². The average Bonchev–Trinajstić information content (AvgIpc) is 2.36. The summed E-state index contributed by atoms with van der Waals surface area (Å²) in [5.74, 6) is 1.93. The molecule has 2 rings (SSSR count). The molecule has 1 aliphatic rings. The molecule has 118 valence electrons. The Morgan fingerprint density at radius 3 is 2.57 bits per heavy atom. The molecule has 5 heteroatoms. The highest BCUT2D eigenvalue weighted by atomic mass is 35.5. The molecule has 1 saturated heterocycles. The fourth-order valence-corrected chi connectivity index (χ4v) is 3.53. The van der Waals surface area contributed by atoms with Crippen molar-refractivity contribution in [2.45, 2.75) is 26.4 Å². The second-order valence-electron chi connectivity index (χ2n) is 6.20. The van der Waals surface area contributed by atoms with Gasteiger partial charge in [0.25, 0.3) is 0 Å². The van der Waals surface area contributed by atoms with E-state index in [1.165, 1.54) is 6.42 Å². The van der Waals surface area contributed by atoms with Gasteiger partial charge in [-0.2, -0.15) is 0 Å². The van der Waals surface area contributed by atoms with Gasteiger partial charge in [0.2, 0.25) is 0 Å². The maximum absolute atomic E-state index is 10.1. The molecule has 21 heavy (non-hydrogen) atoms. The Bertz CT molecular complexity index is 460. The first-order valence-electron chi connectivity index (χ1n) is 7.42. The van der Waals surface area contributed by atoms with E-state index in [4.69, 9.17) is 27.9 Å². The fourth-order valence-electron chi connectivity index (χ4n) is 3.07. The lowest BCUT2D eigenvalue weighted by molar-refractivity contribution is 0.0429. The van der Waals surface area contributed by atoms with Gasteiger partial charge in [-0.25, -0.2) is 0 Å². The zero-order chi connectivity index (χ0) is 15.4. The Hall–Kier alpha value is -0.480. The van der Waals surface area contributed by atoms with E-state index in [1.807, 2.05) is 0 Å². The summed E-state index contributed by atoms with van der Waals surface area (Å²) in [7, 11) is 0. The number of benzene rings is 1. The van der Waals surface area contributed by atoms with E-state index >= 15 is 0 Å². The van der Waals surface area contributed by atoms with Crippen molar-refractivity contribution in [3.8, 4) is 5.75 Å². The second-order valence-corrected chi connectivity index (χ2v) is 7.05. The normalized spacial score (nSPS) is 24.8. The van der Waals surface area contributed by atoms with E-state index in [1.54, 1.807) is 18.2 Å². The monoisotopic (exact) mass is 331 g/mol. The first-order chi connectivity index (χ1) is 9.94. The molecule has 1 fully saturated rings. The van der Waals surface area contributed by atoms with E-state index in [9.17, 15) is 5.11 Å².